The lowest BCUT2D eigenvalue weighted by Crippen LogP contribution is -2.56. The Bertz CT molecular complexity index is 766. The predicted molar refractivity (Wildman–Crippen MR) is 136 cm³/mol. The quantitative estimate of drug-likeness (QED) is 0.308. The zero-order valence-corrected chi connectivity index (χ0v) is 22.3. The van der Waals surface area contributed by atoms with Crippen LogP contribution < -0.4 is 0 Å². The van der Waals surface area contributed by atoms with Crippen molar-refractivity contribution in [2.24, 2.45) is 52.3 Å². The fourth-order valence-corrected chi connectivity index (χ4v) is 10.4. The van der Waals surface area contributed by atoms with Gasteiger partial charge < -0.3 is 4.74 Å². The number of hydrogen-bond acceptors (Lipinski definition) is 2. The molecule has 0 aromatic rings. The van der Waals surface area contributed by atoms with E-state index in [0.29, 0.717) is 16.4 Å². The number of ether oxygens (including phenoxy) is 1. The molecule has 5 fully saturated rings. The molecule has 2 heteroatoms. The minimum atomic E-state index is -0.210. The minimum absolute atomic E-state index is 0.125. The van der Waals surface area contributed by atoms with Crippen LogP contribution in [0.4, 0.5) is 0 Å². The van der Waals surface area contributed by atoms with Crippen molar-refractivity contribution in [1.29, 1.82) is 0 Å². The van der Waals surface area contributed by atoms with Crippen LogP contribution in [0, 0.1) is 52.3 Å². The highest BCUT2D eigenvalue weighted by atomic mass is 16.6. The Hall–Kier alpha value is -0.790. The van der Waals surface area contributed by atoms with Crippen LogP contribution in [0.3, 0.4) is 0 Å². The van der Waals surface area contributed by atoms with Crippen LogP contribution in [-0.4, -0.2) is 11.6 Å². The van der Waals surface area contributed by atoms with Gasteiger partial charge in [0.1, 0.15) is 5.60 Å². The van der Waals surface area contributed by atoms with Gasteiger partial charge in [0.25, 0.3) is 0 Å². The number of carbonyl (C=O) groups excluding carboxylic acids is 1. The molecule has 4 saturated carbocycles. The third-order valence-corrected chi connectivity index (χ3v) is 12.1. The van der Waals surface area contributed by atoms with E-state index in [2.05, 4.69) is 41.2 Å². The summed E-state index contributed by atoms with van der Waals surface area (Å²) in [4.78, 5) is 12.1. The fourth-order valence-electron chi connectivity index (χ4n) is 10.4. The van der Waals surface area contributed by atoms with Gasteiger partial charge in [-0.2, -0.15) is 0 Å². The zero-order chi connectivity index (χ0) is 23.6. The molecule has 0 aromatic heterocycles. The van der Waals surface area contributed by atoms with E-state index >= 15 is 0 Å². The first-order chi connectivity index (χ1) is 15.6. The molecule has 1 saturated heterocycles. The van der Waals surface area contributed by atoms with Crippen LogP contribution in [0.5, 0.6) is 0 Å². The van der Waals surface area contributed by atoms with E-state index in [-0.39, 0.29) is 11.6 Å². The van der Waals surface area contributed by atoms with E-state index in [9.17, 15) is 4.79 Å². The second kappa shape index (κ2) is 8.41. The molecule has 0 amide bonds. The zero-order valence-electron chi connectivity index (χ0n) is 22.3. The Balaban J connectivity index is 1.28. The third-order valence-electron chi connectivity index (χ3n) is 12.1. The molecule has 2 nitrogen and oxygen atoms in total. The fraction of sp³-hybridized carbons (Fsp3) is 0.903. The molecule has 186 valence electrons. The number of carbonyl (C=O) groups is 1. The first kappa shape index (κ1) is 23.9. The summed E-state index contributed by atoms with van der Waals surface area (Å²) in [7, 11) is 0. The Morgan fingerprint density at radius 1 is 0.939 bits per heavy atom. The van der Waals surface area contributed by atoms with Gasteiger partial charge in [0.2, 0.25) is 0 Å². The standard InChI is InChI=1S/C31H50O2/c1-20(2)8-7-9-21(3)25-12-13-26-24-11-10-23-19-31(18-22(4)28(32)33-31)17-16-29(23,5)27(24)14-15-30(25,26)6/h20-21,23-27H,4,7-19H2,1-3,5-6H3/t21?,23?,24-,25+,26-,27-,29-,30+,31?/m0/s1. The summed E-state index contributed by atoms with van der Waals surface area (Å²) in [5.41, 5.74) is 1.53. The van der Waals surface area contributed by atoms with Crippen LogP contribution in [-0.2, 0) is 9.53 Å². The SMILES string of the molecule is C=C1CC2(CC[C@@]3(C)C(CC[C@H]4[C@@H]5CC[C@H](C(C)CCCC(C)C)[C@@]5(C)CC[C@@H]43)C2)OC1=O. The van der Waals surface area contributed by atoms with Gasteiger partial charge in [0, 0.05) is 12.0 Å². The lowest BCUT2D eigenvalue weighted by Gasteiger charge is -2.62. The highest BCUT2D eigenvalue weighted by molar-refractivity contribution is 5.90. The van der Waals surface area contributed by atoms with Gasteiger partial charge in [-0.1, -0.05) is 60.5 Å². The normalized spacial score (nSPS) is 47.9. The number of esters is 1. The maximum absolute atomic E-state index is 12.1. The predicted octanol–water partition coefficient (Wildman–Crippen LogP) is 8.35. The minimum Gasteiger partial charge on any atom is -0.455 e. The van der Waals surface area contributed by atoms with Gasteiger partial charge in [-0.3, -0.25) is 0 Å². The summed E-state index contributed by atoms with van der Waals surface area (Å²) >= 11 is 0. The number of fused-ring (bicyclic) bond motifs is 5. The van der Waals surface area contributed by atoms with Crippen molar-refractivity contribution in [3.8, 4) is 0 Å². The average molecular weight is 455 g/mol. The van der Waals surface area contributed by atoms with Crippen molar-refractivity contribution < 1.29 is 9.53 Å². The van der Waals surface area contributed by atoms with Crippen LogP contribution in [0.1, 0.15) is 118 Å². The van der Waals surface area contributed by atoms with Gasteiger partial charge >= 0.3 is 5.97 Å². The number of rotatable bonds is 5. The molecule has 0 aromatic carbocycles. The highest BCUT2D eigenvalue weighted by Crippen LogP contribution is 2.69. The van der Waals surface area contributed by atoms with Crippen molar-refractivity contribution in [3.63, 3.8) is 0 Å². The van der Waals surface area contributed by atoms with Gasteiger partial charge in [-0.15, -0.1) is 0 Å². The van der Waals surface area contributed by atoms with E-state index in [1.807, 2.05) is 0 Å². The summed E-state index contributed by atoms with van der Waals surface area (Å²) in [5, 5.41) is 0. The van der Waals surface area contributed by atoms with E-state index in [1.165, 1.54) is 64.2 Å². The maximum atomic E-state index is 12.1. The lowest BCUT2D eigenvalue weighted by atomic mass is 9.43. The highest BCUT2D eigenvalue weighted by Gasteiger charge is 2.62. The molecule has 1 heterocycles. The molecule has 1 aliphatic heterocycles. The van der Waals surface area contributed by atoms with Crippen molar-refractivity contribution >= 4 is 5.97 Å². The van der Waals surface area contributed by atoms with Crippen LogP contribution >= 0.6 is 0 Å². The summed E-state index contributed by atoms with van der Waals surface area (Å²) in [6.45, 7) is 16.7. The largest absolute Gasteiger partial charge is 0.455 e. The molecule has 4 aliphatic carbocycles. The summed E-state index contributed by atoms with van der Waals surface area (Å²) < 4.78 is 5.97. The van der Waals surface area contributed by atoms with Crippen LogP contribution in [0.2, 0.25) is 0 Å². The van der Waals surface area contributed by atoms with Crippen molar-refractivity contribution in [2.75, 3.05) is 0 Å². The van der Waals surface area contributed by atoms with Gasteiger partial charge in [-0.05, 0) is 110 Å². The Kier molecular flexibility index (Phi) is 6.10. The topological polar surface area (TPSA) is 26.3 Å². The van der Waals surface area contributed by atoms with Crippen molar-refractivity contribution in [2.45, 2.75) is 124 Å². The van der Waals surface area contributed by atoms with Crippen LogP contribution in [0.15, 0.2) is 12.2 Å². The van der Waals surface area contributed by atoms with E-state index in [0.717, 1.165) is 60.7 Å². The first-order valence-electron chi connectivity index (χ1n) is 14.5. The molecule has 5 aliphatic rings. The molecule has 3 unspecified atom stereocenters. The van der Waals surface area contributed by atoms with Gasteiger partial charge in [-0.25, -0.2) is 4.79 Å². The van der Waals surface area contributed by atoms with Crippen molar-refractivity contribution in [1.82, 2.24) is 0 Å². The molecular weight excluding hydrogens is 404 g/mol. The monoisotopic (exact) mass is 454 g/mol. The number of hydrogen-bond donors (Lipinski definition) is 0. The van der Waals surface area contributed by atoms with Gasteiger partial charge in [0.05, 0.1) is 0 Å². The molecule has 33 heavy (non-hydrogen) atoms. The lowest BCUT2D eigenvalue weighted by molar-refractivity contribution is -0.170. The Morgan fingerprint density at radius 2 is 1.70 bits per heavy atom. The summed E-state index contributed by atoms with van der Waals surface area (Å²) in [6.07, 6.45) is 17.1. The molecule has 0 radical (unpaired) electrons. The molecule has 1 spiro atoms. The molecule has 9 atom stereocenters. The average Bonchev–Trinajstić information content (AvgIpc) is 3.24. The molecule has 0 bridgehead atoms. The first-order valence-corrected chi connectivity index (χ1v) is 14.5. The smallest absolute Gasteiger partial charge is 0.334 e. The molecule has 0 N–H and O–H groups in total. The second-order valence-corrected chi connectivity index (χ2v) is 14.2. The van der Waals surface area contributed by atoms with Crippen LogP contribution in [0.25, 0.3) is 0 Å². The summed E-state index contributed by atoms with van der Waals surface area (Å²) in [5.74, 6) is 6.06. The van der Waals surface area contributed by atoms with E-state index in [4.69, 9.17) is 4.74 Å². The maximum Gasteiger partial charge on any atom is 0.334 e. The third kappa shape index (κ3) is 3.85. The van der Waals surface area contributed by atoms with Gasteiger partial charge in [0.15, 0.2) is 0 Å². The van der Waals surface area contributed by atoms with E-state index in [1.54, 1.807) is 0 Å². The summed E-state index contributed by atoms with van der Waals surface area (Å²) in [6, 6.07) is 0. The second-order valence-electron chi connectivity index (χ2n) is 14.2. The molecular formula is C31H50O2. The molecule has 5 rings (SSSR count). The Morgan fingerprint density at radius 3 is 2.39 bits per heavy atom. The van der Waals surface area contributed by atoms with E-state index < -0.39 is 0 Å². The Labute approximate surface area is 203 Å². The van der Waals surface area contributed by atoms with Crippen molar-refractivity contribution in [3.05, 3.63) is 12.2 Å².